The van der Waals surface area contributed by atoms with Crippen molar-refractivity contribution in [2.45, 2.75) is 25.0 Å². The number of methoxy groups -OCH3 is 1. The molecule has 0 spiro atoms. The Kier molecular flexibility index (Phi) is 4.89. The SMILES string of the molecule is COC(=O)CC(C)S(=O)(=O)CCc1ccnn1C. The van der Waals surface area contributed by atoms with Crippen LogP contribution >= 0.6 is 0 Å². The van der Waals surface area contributed by atoms with E-state index in [1.54, 1.807) is 24.0 Å². The van der Waals surface area contributed by atoms with Gasteiger partial charge in [0.1, 0.15) is 0 Å². The van der Waals surface area contributed by atoms with Gasteiger partial charge in [0.15, 0.2) is 9.84 Å². The number of ether oxygens (including phenoxy) is 1. The zero-order valence-electron chi connectivity index (χ0n) is 10.8. The molecule has 1 unspecified atom stereocenters. The second kappa shape index (κ2) is 5.99. The number of carbonyl (C=O) groups is 1. The van der Waals surface area contributed by atoms with Crippen molar-refractivity contribution in [3.8, 4) is 0 Å². The first-order chi connectivity index (χ1) is 8.36. The monoisotopic (exact) mass is 274 g/mol. The maximum absolute atomic E-state index is 12.0. The van der Waals surface area contributed by atoms with Crippen LogP contribution in [-0.2, 0) is 32.8 Å². The summed E-state index contributed by atoms with van der Waals surface area (Å²) in [6.07, 6.45) is 1.91. The van der Waals surface area contributed by atoms with Gasteiger partial charge in [0.05, 0.1) is 24.5 Å². The van der Waals surface area contributed by atoms with Crippen LogP contribution in [-0.4, -0.2) is 42.3 Å². The second-order valence-electron chi connectivity index (χ2n) is 4.15. The van der Waals surface area contributed by atoms with Gasteiger partial charge in [0.2, 0.25) is 0 Å². The lowest BCUT2D eigenvalue weighted by Crippen LogP contribution is -2.25. The molecular weight excluding hydrogens is 256 g/mol. The third-order valence-corrected chi connectivity index (χ3v) is 5.03. The molecule has 1 atom stereocenters. The number of rotatable bonds is 6. The van der Waals surface area contributed by atoms with E-state index in [1.807, 2.05) is 0 Å². The van der Waals surface area contributed by atoms with Crippen LogP contribution in [0, 0.1) is 0 Å². The fraction of sp³-hybridized carbons (Fsp3) is 0.636. The highest BCUT2D eigenvalue weighted by atomic mass is 32.2. The lowest BCUT2D eigenvalue weighted by atomic mass is 10.3. The summed E-state index contributed by atoms with van der Waals surface area (Å²) in [5.41, 5.74) is 0.851. The van der Waals surface area contributed by atoms with Crippen molar-refractivity contribution in [1.82, 2.24) is 9.78 Å². The molecule has 102 valence electrons. The van der Waals surface area contributed by atoms with Crippen LogP contribution in [0.1, 0.15) is 19.0 Å². The van der Waals surface area contributed by atoms with Crippen LogP contribution in [0.15, 0.2) is 12.3 Å². The highest BCUT2D eigenvalue weighted by molar-refractivity contribution is 7.92. The normalized spacial score (nSPS) is 13.3. The molecule has 1 aromatic rings. The van der Waals surface area contributed by atoms with E-state index >= 15 is 0 Å². The number of esters is 1. The number of nitrogens with zero attached hydrogens (tertiary/aromatic N) is 2. The molecule has 6 nitrogen and oxygen atoms in total. The first kappa shape index (κ1) is 14.7. The van der Waals surface area contributed by atoms with Crippen molar-refractivity contribution in [3.63, 3.8) is 0 Å². The van der Waals surface area contributed by atoms with Crippen molar-refractivity contribution in [1.29, 1.82) is 0 Å². The highest BCUT2D eigenvalue weighted by Crippen LogP contribution is 2.10. The average Bonchev–Trinajstić information content (AvgIpc) is 2.72. The molecule has 0 aliphatic heterocycles. The lowest BCUT2D eigenvalue weighted by molar-refractivity contribution is -0.140. The van der Waals surface area contributed by atoms with Crippen LogP contribution in [0.3, 0.4) is 0 Å². The molecule has 0 aliphatic rings. The molecule has 0 radical (unpaired) electrons. The summed E-state index contributed by atoms with van der Waals surface area (Å²) >= 11 is 0. The molecule has 1 heterocycles. The molecule has 7 heteroatoms. The molecule has 0 bridgehead atoms. The van der Waals surface area contributed by atoms with Gasteiger partial charge in [-0.05, 0) is 13.0 Å². The van der Waals surface area contributed by atoms with Gasteiger partial charge in [0, 0.05) is 25.4 Å². The van der Waals surface area contributed by atoms with E-state index in [2.05, 4.69) is 9.84 Å². The standard InChI is InChI=1S/C11H18N2O4S/c1-9(8-11(14)17-3)18(15,16)7-5-10-4-6-12-13(10)2/h4,6,9H,5,7-8H2,1-3H3. The molecule has 1 aromatic heterocycles. The van der Waals surface area contributed by atoms with Crippen LogP contribution in [0.5, 0.6) is 0 Å². The Labute approximate surface area is 107 Å². The first-order valence-electron chi connectivity index (χ1n) is 5.62. The van der Waals surface area contributed by atoms with E-state index in [0.717, 1.165) is 5.69 Å². The van der Waals surface area contributed by atoms with E-state index in [9.17, 15) is 13.2 Å². The predicted molar refractivity (Wildman–Crippen MR) is 66.8 cm³/mol. The van der Waals surface area contributed by atoms with Crippen molar-refractivity contribution in [2.24, 2.45) is 7.05 Å². The van der Waals surface area contributed by atoms with Gasteiger partial charge >= 0.3 is 5.97 Å². The molecule has 0 aromatic carbocycles. The van der Waals surface area contributed by atoms with Crippen molar-refractivity contribution < 1.29 is 17.9 Å². The van der Waals surface area contributed by atoms with E-state index in [-0.39, 0.29) is 12.2 Å². The first-order valence-corrected chi connectivity index (χ1v) is 7.33. The van der Waals surface area contributed by atoms with Crippen molar-refractivity contribution in [2.75, 3.05) is 12.9 Å². The van der Waals surface area contributed by atoms with Gasteiger partial charge in [-0.3, -0.25) is 9.48 Å². The number of carbonyl (C=O) groups excluding carboxylic acids is 1. The van der Waals surface area contributed by atoms with Gasteiger partial charge in [-0.1, -0.05) is 0 Å². The molecule has 0 aliphatic carbocycles. The second-order valence-corrected chi connectivity index (χ2v) is 6.69. The molecule has 1 rings (SSSR count). The molecule has 0 fully saturated rings. The fourth-order valence-electron chi connectivity index (χ4n) is 1.54. The number of hydrogen-bond donors (Lipinski definition) is 0. The lowest BCUT2D eigenvalue weighted by Gasteiger charge is -2.11. The zero-order chi connectivity index (χ0) is 13.8. The zero-order valence-corrected chi connectivity index (χ0v) is 11.6. The third kappa shape index (κ3) is 3.83. The Morgan fingerprint density at radius 2 is 2.22 bits per heavy atom. The van der Waals surface area contributed by atoms with Gasteiger partial charge in [-0.15, -0.1) is 0 Å². The van der Waals surface area contributed by atoms with Crippen LogP contribution in [0.2, 0.25) is 0 Å². The minimum absolute atomic E-state index is 0.00466. The van der Waals surface area contributed by atoms with Gasteiger partial charge in [-0.2, -0.15) is 5.10 Å². The van der Waals surface area contributed by atoms with E-state index in [0.29, 0.717) is 6.42 Å². The summed E-state index contributed by atoms with van der Waals surface area (Å²) in [4.78, 5) is 11.1. The number of sulfone groups is 1. The number of aryl methyl sites for hydroxylation is 2. The molecular formula is C11H18N2O4S. The maximum atomic E-state index is 12.0. The van der Waals surface area contributed by atoms with Gasteiger partial charge < -0.3 is 4.74 Å². The third-order valence-electron chi connectivity index (χ3n) is 2.86. The fourth-order valence-corrected chi connectivity index (χ4v) is 2.83. The van der Waals surface area contributed by atoms with Crippen LogP contribution in [0.25, 0.3) is 0 Å². The van der Waals surface area contributed by atoms with E-state index < -0.39 is 21.1 Å². The molecule has 0 saturated carbocycles. The molecule has 0 saturated heterocycles. The maximum Gasteiger partial charge on any atom is 0.306 e. The van der Waals surface area contributed by atoms with Gasteiger partial charge in [-0.25, -0.2) is 8.42 Å². The predicted octanol–water partition coefficient (Wildman–Crippen LogP) is 0.329. The van der Waals surface area contributed by atoms with Crippen molar-refractivity contribution in [3.05, 3.63) is 18.0 Å². The summed E-state index contributed by atoms with van der Waals surface area (Å²) in [7, 11) is -0.289. The summed E-state index contributed by atoms with van der Waals surface area (Å²) in [6.45, 7) is 1.52. The Balaban J connectivity index is 2.59. The molecule has 18 heavy (non-hydrogen) atoms. The quantitative estimate of drug-likeness (QED) is 0.698. The topological polar surface area (TPSA) is 78.3 Å². The Morgan fingerprint density at radius 1 is 1.56 bits per heavy atom. The van der Waals surface area contributed by atoms with Crippen LogP contribution < -0.4 is 0 Å². The smallest absolute Gasteiger partial charge is 0.306 e. The van der Waals surface area contributed by atoms with Crippen molar-refractivity contribution >= 4 is 15.8 Å². The number of aromatic nitrogens is 2. The summed E-state index contributed by atoms with van der Waals surface area (Å²) in [5, 5.41) is 3.25. The Hall–Kier alpha value is -1.37. The Morgan fingerprint density at radius 3 is 2.72 bits per heavy atom. The molecule has 0 N–H and O–H groups in total. The molecule has 0 amide bonds. The van der Waals surface area contributed by atoms with Crippen LogP contribution in [0.4, 0.5) is 0 Å². The minimum Gasteiger partial charge on any atom is -0.469 e. The number of hydrogen-bond acceptors (Lipinski definition) is 5. The summed E-state index contributed by atoms with van der Waals surface area (Å²) in [5.74, 6) is -0.503. The highest BCUT2D eigenvalue weighted by Gasteiger charge is 2.24. The minimum atomic E-state index is -3.30. The largest absolute Gasteiger partial charge is 0.469 e. The summed E-state index contributed by atoms with van der Waals surface area (Å²) in [6, 6.07) is 1.78. The van der Waals surface area contributed by atoms with Gasteiger partial charge in [0.25, 0.3) is 0 Å². The summed E-state index contributed by atoms with van der Waals surface area (Å²) < 4.78 is 30.0. The Bertz CT molecular complexity index is 507. The average molecular weight is 274 g/mol. The van der Waals surface area contributed by atoms with E-state index in [1.165, 1.54) is 14.0 Å². The van der Waals surface area contributed by atoms with E-state index in [4.69, 9.17) is 0 Å².